The predicted molar refractivity (Wildman–Crippen MR) is 108 cm³/mol. The summed E-state index contributed by atoms with van der Waals surface area (Å²) in [5.41, 5.74) is 1.86. The van der Waals surface area contributed by atoms with Crippen LogP contribution in [0.5, 0.6) is 0 Å². The first-order valence-electron chi connectivity index (χ1n) is 8.57. The van der Waals surface area contributed by atoms with Crippen molar-refractivity contribution in [3.8, 4) is 11.1 Å². The van der Waals surface area contributed by atoms with Gasteiger partial charge in [-0.25, -0.2) is 14.4 Å². The zero-order chi connectivity index (χ0) is 19.4. The number of fused-ring (bicyclic) bond motifs is 1. The number of hydrogen-bond acceptors (Lipinski definition) is 4. The SMILES string of the molecule is C=O.Fc1ccc2ncnc(N3CCCCC3)c2c1-c1ccc(Cl)c(Cl)c1. The average molecular weight is 406 g/mol. The van der Waals surface area contributed by atoms with Crippen LogP contribution < -0.4 is 4.90 Å². The van der Waals surface area contributed by atoms with E-state index < -0.39 is 0 Å². The highest BCUT2D eigenvalue weighted by atomic mass is 35.5. The van der Waals surface area contributed by atoms with Crippen molar-refractivity contribution in [1.82, 2.24) is 9.97 Å². The number of carbonyl (C=O) groups excluding carboxylic acids is 1. The molecule has 3 aromatic rings. The number of benzene rings is 2. The molecule has 7 heteroatoms. The van der Waals surface area contributed by atoms with Gasteiger partial charge in [0.1, 0.15) is 24.8 Å². The van der Waals surface area contributed by atoms with Crippen molar-refractivity contribution in [2.24, 2.45) is 0 Å². The van der Waals surface area contributed by atoms with Crippen molar-refractivity contribution in [3.05, 3.63) is 52.5 Å². The van der Waals surface area contributed by atoms with E-state index in [-0.39, 0.29) is 5.82 Å². The molecule has 27 heavy (non-hydrogen) atoms. The molecule has 140 valence electrons. The van der Waals surface area contributed by atoms with Gasteiger partial charge in [0.2, 0.25) is 0 Å². The van der Waals surface area contributed by atoms with Gasteiger partial charge in [0.25, 0.3) is 0 Å². The van der Waals surface area contributed by atoms with Crippen LogP contribution in [0.4, 0.5) is 10.2 Å². The molecule has 1 aliphatic rings. The summed E-state index contributed by atoms with van der Waals surface area (Å²) in [6.07, 6.45) is 4.99. The van der Waals surface area contributed by atoms with Crippen LogP contribution in [-0.2, 0) is 4.79 Å². The van der Waals surface area contributed by atoms with Crippen LogP contribution in [0.1, 0.15) is 19.3 Å². The van der Waals surface area contributed by atoms with Crippen molar-refractivity contribution < 1.29 is 9.18 Å². The number of piperidine rings is 1. The third kappa shape index (κ3) is 3.89. The van der Waals surface area contributed by atoms with Gasteiger partial charge in [0.05, 0.1) is 20.9 Å². The zero-order valence-electron chi connectivity index (χ0n) is 14.6. The lowest BCUT2D eigenvalue weighted by Crippen LogP contribution is -2.30. The first kappa shape index (κ1) is 19.5. The second-order valence-electron chi connectivity index (χ2n) is 6.19. The lowest BCUT2D eigenvalue weighted by molar-refractivity contribution is -0.0979. The monoisotopic (exact) mass is 405 g/mol. The fraction of sp³-hybridized carbons (Fsp3) is 0.250. The van der Waals surface area contributed by atoms with E-state index in [0.29, 0.717) is 21.2 Å². The number of nitrogens with zero attached hydrogens (tertiary/aromatic N) is 3. The lowest BCUT2D eigenvalue weighted by Gasteiger charge is -2.29. The maximum atomic E-state index is 14.8. The molecular weight excluding hydrogens is 388 g/mol. The van der Waals surface area contributed by atoms with E-state index >= 15 is 0 Å². The highest BCUT2D eigenvalue weighted by Gasteiger charge is 2.21. The van der Waals surface area contributed by atoms with Crippen molar-refractivity contribution in [3.63, 3.8) is 0 Å². The second kappa shape index (κ2) is 8.63. The summed E-state index contributed by atoms with van der Waals surface area (Å²) in [4.78, 5) is 19.0. The van der Waals surface area contributed by atoms with E-state index in [9.17, 15) is 4.39 Å². The summed E-state index contributed by atoms with van der Waals surface area (Å²) < 4.78 is 14.8. The Morgan fingerprint density at radius 1 is 0.963 bits per heavy atom. The van der Waals surface area contributed by atoms with E-state index in [0.717, 1.165) is 42.7 Å². The van der Waals surface area contributed by atoms with Gasteiger partial charge in [0, 0.05) is 18.7 Å². The number of rotatable bonds is 2. The highest BCUT2D eigenvalue weighted by molar-refractivity contribution is 6.42. The minimum atomic E-state index is -0.320. The molecule has 1 aliphatic heterocycles. The van der Waals surface area contributed by atoms with E-state index in [4.69, 9.17) is 28.0 Å². The molecule has 2 aromatic carbocycles. The fourth-order valence-electron chi connectivity index (χ4n) is 3.39. The summed E-state index contributed by atoms with van der Waals surface area (Å²) in [5, 5.41) is 1.56. The Labute approximate surface area is 166 Å². The Morgan fingerprint density at radius 3 is 2.41 bits per heavy atom. The van der Waals surface area contributed by atoms with Crippen molar-refractivity contribution >= 4 is 46.7 Å². The van der Waals surface area contributed by atoms with Gasteiger partial charge in [0.15, 0.2) is 0 Å². The zero-order valence-corrected chi connectivity index (χ0v) is 16.1. The van der Waals surface area contributed by atoms with Crippen LogP contribution in [0.15, 0.2) is 36.7 Å². The molecule has 0 aliphatic carbocycles. The quantitative estimate of drug-likeness (QED) is 0.560. The maximum absolute atomic E-state index is 14.8. The summed E-state index contributed by atoms with van der Waals surface area (Å²) in [5.74, 6) is 0.462. The van der Waals surface area contributed by atoms with Crippen molar-refractivity contribution in [1.29, 1.82) is 0 Å². The Bertz CT molecular complexity index is 961. The minimum absolute atomic E-state index is 0.320. The Kier molecular flexibility index (Phi) is 6.24. The van der Waals surface area contributed by atoms with Gasteiger partial charge in [-0.15, -0.1) is 0 Å². The molecule has 4 rings (SSSR count). The normalized spacial score (nSPS) is 14.0. The van der Waals surface area contributed by atoms with E-state index in [1.807, 2.05) is 6.79 Å². The van der Waals surface area contributed by atoms with Crippen LogP contribution in [-0.4, -0.2) is 29.8 Å². The fourth-order valence-corrected chi connectivity index (χ4v) is 3.69. The third-order valence-electron chi connectivity index (χ3n) is 4.60. The van der Waals surface area contributed by atoms with Gasteiger partial charge in [-0.2, -0.15) is 0 Å². The highest BCUT2D eigenvalue weighted by Crippen LogP contribution is 2.38. The minimum Gasteiger partial charge on any atom is -0.356 e. The average Bonchev–Trinajstić information content (AvgIpc) is 2.72. The molecule has 0 amide bonds. The molecule has 2 heterocycles. The molecule has 0 radical (unpaired) electrons. The third-order valence-corrected chi connectivity index (χ3v) is 5.34. The molecular formula is C20H18Cl2FN3O. The largest absolute Gasteiger partial charge is 0.356 e. The van der Waals surface area contributed by atoms with Crippen LogP contribution in [0, 0.1) is 5.82 Å². The number of aromatic nitrogens is 2. The second-order valence-corrected chi connectivity index (χ2v) is 7.00. The number of hydrogen-bond donors (Lipinski definition) is 0. The van der Waals surface area contributed by atoms with Crippen LogP contribution >= 0.6 is 23.2 Å². The topological polar surface area (TPSA) is 46.1 Å². The molecule has 1 saturated heterocycles. The molecule has 0 N–H and O–H groups in total. The molecule has 0 spiro atoms. The molecule has 0 bridgehead atoms. The summed E-state index contributed by atoms with van der Waals surface area (Å²) in [7, 11) is 0. The van der Waals surface area contributed by atoms with E-state index in [1.165, 1.54) is 12.5 Å². The van der Waals surface area contributed by atoms with Gasteiger partial charge >= 0.3 is 0 Å². The van der Waals surface area contributed by atoms with E-state index in [2.05, 4.69) is 14.9 Å². The van der Waals surface area contributed by atoms with E-state index in [1.54, 1.807) is 30.6 Å². The number of halogens is 3. The van der Waals surface area contributed by atoms with Gasteiger partial charge in [-0.05, 0) is 49.1 Å². The lowest BCUT2D eigenvalue weighted by atomic mass is 9.99. The molecule has 4 nitrogen and oxygen atoms in total. The summed E-state index contributed by atoms with van der Waals surface area (Å²) >= 11 is 12.2. The number of anilines is 1. The van der Waals surface area contributed by atoms with Crippen LogP contribution in [0.3, 0.4) is 0 Å². The van der Waals surface area contributed by atoms with Crippen molar-refractivity contribution in [2.75, 3.05) is 18.0 Å². The maximum Gasteiger partial charge on any atom is 0.140 e. The summed E-state index contributed by atoms with van der Waals surface area (Å²) in [6, 6.07) is 8.28. The summed E-state index contributed by atoms with van der Waals surface area (Å²) in [6.45, 7) is 3.84. The molecule has 0 atom stereocenters. The predicted octanol–water partition coefficient (Wildman–Crippen LogP) is 5.55. The first-order valence-corrected chi connectivity index (χ1v) is 9.33. The van der Waals surface area contributed by atoms with Gasteiger partial charge in [-0.1, -0.05) is 29.3 Å². The first-order chi connectivity index (χ1) is 13.1. The standard InChI is InChI=1S/C19H16Cl2FN3.CH2O/c20-13-5-4-12(10-14(13)21)17-15(22)6-7-16-18(17)19(24-11-23-16)25-8-2-1-3-9-25;1-2/h4-7,10-11H,1-3,8-9H2;1H2. The van der Waals surface area contributed by atoms with Gasteiger partial charge < -0.3 is 9.69 Å². The molecule has 0 saturated carbocycles. The molecule has 0 unspecified atom stereocenters. The van der Waals surface area contributed by atoms with Crippen molar-refractivity contribution in [2.45, 2.75) is 19.3 Å². The van der Waals surface area contributed by atoms with Gasteiger partial charge in [-0.3, -0.25) is 0 Å². The molecule has 1 aromatic heterocycles. The smallest absolute Gasteiger partial charge is 0.140 e. The van der Waals surface area contributed by atoms with Crippen LogP contribution in [0.25, 0.3) is 22.0 Å². The Morgan fingerprint density at radius 2 is 1.70 bits per heavy atom. The Hall–Kier alpha value is -2.24. The molecule has 1 fully saturated rings. The number of carbonyl (C=O) groups is 1. The Balaban J connectivity index is 0.00000102. The van der Waals surface area contributed by atoms with Crippen LogP contribution in [0.2, 0.25) is 10.0 Å².